The van der Waals surface area contributed by atoms with Crippen molar-refractivity contribution in [3.8, 4) is 0 Å². The maximum Gasteiger partial charge on any atom is 0 e. The van der Waals surface area contributed by atoms with E-state index in [-0.39, 0.29) is 8.41 Å². The quantitative estimate of drug-likeness (QED) is 0.369. The van der Waals surface area contributed by atoms with Crippen molar-refractivity contribution in [2.75, 3.05) is 0 Å². The molecule has 0 N–H and O–H groups in total. The summed E-state index contributed by atoms with van der Waals surface area (Å²) >= 11 is 0. The van der Waals surface area contributed by atoms with Crippen LogP contribution >= 0.6 is 9.24 Å². The maximum atomic E-state index is 2.66. The van der Waals surface area contributed by atoms with Crippen molar-refractivity contribution in [1.82, 2.24) is 0 Å². The minimum Gasteiger partial charge on any atom is -0.106 e. The molecule has 1 rings (SSSR count). The highest BCUT2D eigenvalue weighted by molar-refractivity contribution is 7.27. The lowest BCUT2D eigenvalue weighted by molar-refractivity contribution is 1.50. The van der Waals surface area contributed by atoms with E-state index in [9.17, 15) is 0 Å². The third-order valence-corrected chi connectivity index (χ3v) is 1.40. The van der Waals surface area contributed by atoms with Gasteiger partial charge < -0.3 is 0 Å². The van der Waals surface area contributed by atoms with Crippen LogP contribution in [0.3, 0.4) is 0 Å². The van der Waals surface area contributed by atoms with Crippen LogP contribution in [0.25, 0.3) is 0 Å². The van der Waals surface area contributed by atoms with Crippen molar-refractivity contribution >= 4 is 23.0 Å². The molecule has 0 spiro atoms. The molecule has 0 heterocycles. The number of hydrogen-bond acceptors (Lipinski definition) is 0. The average Bonchev–Trinajstić information content (AvgIpc) is 1.64. The zero-order chi connectivity index (χ0) is 5.98. The van der Waals surface area contributed by atoms with Crippen molar-refractivity contribution in [2.45, 2.75) is 6.92 Å². The van der Waals surface area contributed by atoms with Gasteiger partial charge in [-0.3, -0.25) is 0 Å². The summed E-state index contributed by atoms with van der Waals surface area (Å²) < 4.78 is 0. The number of benzene rings is 1. The molecule has 1 unspecified atom stereocenters. The molecule has 45 valence electrons. The first-order chi connectivity index (χ1) is 3.79. The molecular weight excluding hydrogens is 126 g/mol. The lowest BCUT2D eigenvalue weighted by atomic mass is 10.2. The van der Waals surface area contributed by atoms with Crippen LogP contribution in [0.2, 0.25) is 0 Å². The number of rotatable bonds is 0. The van der Waals surface area contributed by atoms with Crippen molar-refractivity contribution in [1.29, 1.82) is 0 Å². The lowest BCUT2D eigenvalue weighted by Crippen LogP contribution is -1.87. The van der Waals surface area contributed by atoms with Crippen LogP contribution in [0, 0.1) is 6.92 Å². The number of aryl methyl sites for hydroxylation is 1. The standard InChI is InChI=1S/C7H9P.B/c1-6-3-2-4-7(8)5-6;/h2-5H,8H2,1H3;. The van der Waals surface area contributed by atoms with E-state index < -0.39 is 0 Å². The first-order valence-electron chi connectivity index (χ1n) is 2.61. The molecule has 0 aliphatic rings. The van der Waals surface area contributed by atoms with E-state index in [4.69, 9.17) is 0 Å². The van der Waals surface area contributed by atoms with E-state index in [0.29, 0.717) is 0 Å². The molecule has 0 aliphatic heterocycles. The van der Waals surface area contributed by atoms with Crippen LogP contribution in [-0.2, 0) is 0 Å². The summed E-state index contributed by atoms with van der Waals surface area (Å²) in [5, 5.41) is 1.25. The Hall–Kier alpha value is -0.285. The van der Waals surface area contributed by atoms with Crippen LogP contribution in [-0.4, -0.2) is 8.41 Å². The maximum absolute atomic E-state index is 2.66. The Balaban J connectivity index is 0.000000640. The summed E-state index contributed by atoms with van der Waals surface area (Å²) in [5.74, 6) is 0. The van der Waals surface area contributed by atoms with Gasteiger partial charge in [-0.1, -0.05) is 29.8 Å². The van der Waals surface area contributed by atoms with Gasteiger partial charge in [0.2, 0.25) is 0 Å². The molecule has 0 fully saturated rings. The second-order valence-electron chi connectivity index (χ2n) is 1.91. The summed E-state index contributed by atoms with van der Waals surface area (Å²) in [6, 6.07) is 8.34. The Morgan fingerprint density at radius 2 is 2.00 bits per heavy atom. The van der Waals surface area contributed by atoms with Crippen LogP contribution < -0.4 is 5.30 Å². The highest BCUT2D eigenvalue weighted by Gasteiger charge is 1.80. The van der Waals surface area contributed by atoms with Crippen LogP contribution in [0.4, 0.5) is 0 Å². The average molecular weight is 135 g/mol. The highest BCUT2D eigenvalue weighted by atomic mass is 31.0. The fraction of sp³-hybridized carbons (Fsp3) is 0.143. The van der Waals surface area contributed by atoms with Crippen LogP contribution in [0.1, 0.15) is 5.56 Å². The Morgan fingerprint density at radius 3 is 2.33 bits per heavy atom. The van der Waals surface area contributed by atoms with Gasteiger partial charge >= 0.3 is 0 Å². The van der Waals surface area contributed by atoms with E-state index in [1.807, 2.05) is 0 Å². The van der Waals surface area contributed by atoms with Gasteiger partial charge in [-0.2, -0.15) is 0 Å². The fourth-order valence-electron chi connectivity index (χ4n) is 0.670. The normalized spacial score (nSPS) is 8.22. The minimum absolute atomic E-state index is 0. The van der Waals surface area contributed by atoms with Crippen molar-refractivity contribution < 1.29 is 0 Å². The zero-order valence-corrected chi connectivity index (χ0v) is 6.62. The third kappa shape index (κ3) is 2.67. The second-order valence-corrected chi connectivity index (χ2v) is 2.58. The number of hydrogen-bond donors (Lipinski definition) is 0. The minimum atomic E-state index is 0. The predicted octanol–water partition coefficient (Wildman–Crippen LogP) is 1.11. The van der Waals surface area contributed by atoms with E-state index in [2.05, 4.69) is 40.4 Å². The molecule has 1 atom stereocenters. The fourth-order valence-corrected chi connectivity index (χ4v) is 1.04. The Labute approximate surface area is 60.4 Å². The predicted molar refractivity (Wildman–Crippen MR) is 46.3 cm³/mol. The Kier molecular flexibility index (Phi) is 3.57. The zero-order valence-electron chi connectivity index (χ0n) is 5.46. The van der Waals surface area contributed by atoms with Gasteiger partial charge in [0.25, 0.3) is 0 Å². The molecule has 0 amide bonds. The third-order valence-electron chi connectivity index (χ3n) is 1.04. The summed E-state index contributed by atoms with van der Waals surface area (Å²) in [6.45, 7) is 2.09. The van der Waals surface area contributed by atoms with Gasteiger partial charge in [0.1, 0.15) is 0 Å². The Bertz CT molecular complexity index is 169. The van der Waals surface area contributed by atoms with Gasteiger partial charge in [0.05, 0.1) is 0 Å². The van der Waals surface area contributed by atoms with Crippen molar-refractivity contribution in [2.24, 2.45) is 0 Å². The molecule has 0 saturated heterocycles. The van der Waals surface area contributed by atoms with Crippen LogP contribution in [0.5, 0.6) is 0 Å². The summed E-state index contributed by atoms with van der Waals surface area (Å²) in [4.78, 5) is 0. The molecule has 0 bridgehead atoms. The van der Waals surface area contributed by atoms with Gasteiger partial charge in [0.15, 0.2) is 0 Å². The first-order valence-corrected chi connectivity index (χ1v) is 3.19. The smallest absolute Gasteiger partial charge is 0 e. The molecule has 1 aromatic rings. The largest absolute Gasteiger partial charge is 0.106 e. The Morgan fingerprint density at radius 1 is 1.33 bits per heavy atom. The van der Waals surface area contributed by atoms with E-state index in [1.54, 1.807) is 0 Å². The summed E-state index contributed by atoms with van der Waals surface area (Å²) in [5.41, 5.74) is 1.32. The van der Waals surface area contributed by atoms with E-state index in [1.165, 1.54) is 10.9 Å². The first kappa shape index (κ1) is 8.71. The summed E-state index contributed by atoms with van der Waals surface area (Å²) in [7, 11) is 2.66. The molecule has 9 heavy (non-hydrogen) atoms. The van der Waals surface area contributed by atoms with E-state index >= 15 is 0 Å². The second kappa shape index (κ2) is 3.69. The molecule has 1 aromatic carbocycles. The molecule has 0 nitrogen and oxygen atoms in total. The molecule has 0 aliphatic carbocycles. The van der Waals surface area contributed by atoms with Gasteiger partial charge in [-0.25, -0.2) is 0 Å². The lowest BCUT2D eigenvalue weighted by Gasteiger charge is -1.90. The van der Waals surface area contributed by atoms with Gasteiger partial charge in [-0.05, 0) is 12.2 Å². The highest BCUT2D eigenvalue weighted by Crippen LogP contribution is 1.95. The molecule has 0 aromatic heterocycles. The molecular formula is C7H9BP. The van der Waals surface area contributed by atoms with Crippen LogP contribution in [0.15, 0.2) is 24.3 Å². The van der Waals surface area contributed by atoms with E-state index in [0.717, 1.165) is 0 Å². The van der Waals surface area contributed by atoms with Gasteiger partial charge in [0, 0.05) is 8.41 Å². The molecule has 2 heteroatoms. The molecule has 0 saturated carbocycles. The van der Waals surface area contributed by atoms with Gasteiger partial charge in [-0.15, -0.1) is 9.24 Å². The molecule has 3 radical (unpaired) electrons. The van der Waals surface area contributed by atoms with Crippen molar-refractivity contribution in [3.63, 3.8) is 0 Å². The SMILES string of the molecule is Cc1cccc(P)c1.[B]. The monoisotopic (exact) mass is 135 g/mol. The van der Waals surface area contributed by atoms with Crippen molar-refractivity contribution in [3.05, 3.63) is 29.8 Å². The summed E-state index contributed by atoms with van der Waals surface area (Å²) in [6.07, 6.45) is 0. The topological polar surface area (TPSA) is 0 Å².